The smallest absolute Gasteiger partial charge is 0.310 e. The van der Waals surface area contributed by atoms with Crippen LogP contribution in [0.5, 0.6) is 0 Å². The number of carbonyl (C=O) groups is 2. The van der Waals surface area contributed by atoms with Gasteiger partial charge in [-0.3, -0.25) is 9.59 Å². The summed E-state index contributed by atoms with van der Waals surface area (Å²) in [6.07, 6.45) is 0.503. The normalized spacial score (nSPS) is 9.53. The maximum atomic E-state index is 12.9. The highest BCUT2D eigenvalue weighted by Gasteiger charge is 2.11. The van der Waals surface area contributed by atoms with Gasteiger partial charge in [-0.05, 0) is 36.6 Å². The van der Waals surface area contributed by atoms with E-state index in [4.69, 9.17) is 5.26 Å². The Hall–Kier alpha value is -2.42. The van der Waals surface area contributed by atoms with Gasteiger partial charge < -0.3 is 10.6 Å². The lowest BCUT2D eigenvalue weighted by Crippen LogP contribution is -2.40. The number of carbonyl (C=O) groups excluding carboxylic acids is 2. The van der Waals surface area contributed by atoms with Crippen molar-refractivity contribution in [1.82, 2.24) is 10.6 Å². The number of amides is 2. The summed E-state index contributed by atoms with van der Waals surface area (Å²) in [5.41, 5.74) is 1.70. The second-order valence-corrected chi connectivity index (χ2v) is 3.92. The number of nitrogens with zero attached hydrogens (tertiary/aromatic N) is 1. The lowest BCUT2D eigenvalue weighted by molar-refractivity contribution is -0.139. The Morgan fingerprint density at radius 2 is 2.00 bits per heavy atom. The van der Waals surface area contributed by atoms with Crippen molar-refractivity contribution in [3.63, 3.8) is 0 Å². The molecule has 0 aromatic heterocycles. The van der Waals surface area contributed by atoms with Gasteiger partial charge >= 0.3 is 11.8 Å². The molecule has 6 heteroatoms. The Kier molecular flexibility index (Phi) is 5.48. The molecule has 1 rings (SSSR count). The van der Waals surface area contributed by atoms with E-state index in [2.05, 4.69) is 10.6 Å². The van der Waals surface area contributed by atoms with E-state index < -0.39 is 11.8 Å². The molecule has 0 radical (unpaired) electrons. The summed E-state index contributed by atoms with van der Waals surface area (Å²) < 4.78 is 12.9. The zero-order valence-corrected chi connectivity index (χ0v) is 10.5. The first-order valence-corrected chi connectivity index (χ1v) is 5.72. The molecule has 0 heterocycles. The number of nitriles is 1. The Labute approximate surface area is 110 Å². The lowest BCUT2D eigenvalue weighted by atomic mass is 10.1. The summed E-state index contributed by atoms with van der Waals surface area (Å²) in [6, 6.07) is 6.11. The van der Waals surface area contributed by atoms with Gasteiger partial charge in [0, 0.05) is 6.54 Å². The summed E-state index contributed by atoms with van der Waals surface area (Å²) in [5, 5.41) is 12.8. The van der Waals surface area contributed by atoms with Crippen LogP contribution in [0, 0.1) is 24.1 Å². The molecule has 0 aliphatic heterocycles. The van der Waals surface area contributed by atoms with E-state index in [1.54, 1.807) is 19.1 Å². The Balaban J connectivity index is 2.40. The molecule has 0 atom stereocenters. The Morgan fingerprint density at radius 3 is 2.63 bits per heavy atom. The molecule has 0 unspecified atom stereocenters. The second-order valence-electron chi connectivity index (χ2n) is 3.92. The Morgan fingerprint density at radius 1 is 1.32 bits per heavy atom. The summed E-state index contributed by atoms with van der Waals surface area (Å²) in [4.78, 5) is 22.4. The molecule has 1 aromatic carbocycles. The van der Waals surface area contributed by atoms with Gasteiger partial charge in [0.05, 0.1) is 6.07 Å². The Bertz CT molecular complexity index is 523. The van der Waals surface area contributed by atoms with E-state index in [9.17, 15) is 14.0 Å². The van der Waals surface area contributed by atoms with Crippen molar-refractivity contribution in [1.29, 1.82) is 5.26 Å². The monoisotopic (exact) mass is 263 g/mol. The lowest BCUT2D eigenvalue weighted by Gasteiger charge is -2.07. The van der Waals surface area contributed by atoms with E-state index in [0.717, 1.165) is 11.1 Å². The van der Waals surface area contributed by atoms with E-state index in [-0.39, 0.29) is 18.9 Å². The molecule has 0 fully saturated rings. The van der Waals surface area contributed by atoms with E-state index in [1.165, 1.54) is 12.1 Å². The molecule has 2 N–H and O–H groups in total. The van der Waals surface area contributed by atoms with Gasteiger partial charge in [-0.2, -0.15) is 5.26 Å². The van der Waals surface area contributed by atoms with Crippen molar-refractivity contribution in [3.8, 4) is 6.07 Å². The van der Waals surface area contributed by atoms with Gasteiger partial charge in [0.2, 0.25) is 0 Å². The minimum absolute atomic E-state index is 0.205. The zero-order chi connectivity index (χ0) is 14.3. The first-order chi connectivity index (χ1) is 9.04. The highest BCUT2D eigenvalue weighted by Crippen LogP contribution is 2.10. The first kappa shape index (κ1) is 14.6. The largest absolute Gasteiger partial charge is 0.348 e. The number of halogens is 1. The number of hydrogen-bond donors (Lipinski definition) is 2. The maximum Gasteiger partial charge on any atom is 0.310 e. The molecule has 0 bridgehead atoms. The third kappa shape index (κ3) is 4.76. The highest BCUT2D eigenvalue weighted by molar-refractivity contribution is 6.35. The third-order valence-corrected chi connectivity index (χ3v) is 2.52. The summed E-state index contributed by atoms with van der Waals surface area (Å²) >= 11 is 0. The molecule has 5 nitrogen and oxygen atoms in total. The minimum Gasteiger partial charge on any atom is -0.348 e. The topological polar surface area (TPSA) is 82.0 Å². The summed E-state index contributed by atoms with van der Waals surface area (Å²) in [5.74, 6) is -1.92. The quantitative estimate of drug-likeness (QED) is 0.610. The van der Waals surface area contributed by atoms with Crippen LogP contribution in [0.25, 0.3) is 0 Å². The van der Waals surface area contributed by atoms with Crippen molar-refractivity contribution >= 4 is 11.8 Å². The van der Waals surface area contributed by atoms with Crippen LogP contribution in [0.2, 0.25) is 0 Å². The van der Waals surface area contributed by atoms with Crippen LogP contribution in [-0.2, 0) is 16.0 Å². The summed E-state index contributed by atoms with van der Waals surface area (Å²) in [6.45, 7) is 1.84. The van der Waals surface area contributed by atoms with Crippen LogP contribution in [-0.4, -0.2) is 24.9 Å². The zero-order valence-electron chi connectivity index (χ0n) is 10.5. The van der Waals surface area contributed by atoms with Crippen LogP contribution in [0.1, 0.15) is 11.1 Å². The van der Waals surface area contributed by atoms with Crippen LogP contribution in [0.15, 0.2) is 18.2 Å². The van der Waals surface area contributed by atoms with Crippen molar-refractivity contribution in [2.75, 3.05) is 13.1 Å². The van der Waals surface area contributed by atoms with Gasteiger partial charge in [-0.15, -0.1) is 0 Å². The fourth-order valence-electron chi connectivity index (χ4n) is 1.53. The minimum atomic E-state index is -0.836. The number of hydrogen-bond acceptors (Lipinski definition) is 3. The standard InChI is InChI=1S/C13H14FN3O2/c1-9-8-11(14)3-2-10(9)4-6-16-12(18)13(19)17-7-5-15/h2-3,8H,4,6-7H2,1H3,(H,16,18)(H,17,19). The molecule has 0 spiro atoms. The van der Waals surface area contributed by atoms with Crippen molar-refractivity contribution < 1.29 is 14.0 Å². The molecule has 1 aromatic rings. The number of rotatable bonds is 4. The molecule has 19 heavy (non-hydrogen) atoms. The van der Waals surface area contributed by atoms with Crippen LogP contribution in [0.3, 0.4) is 0 Å². The predicted molar refractivity (Wildman–Crippen MR) is 66.5 cm³/mol. The van der Waals surface area contributed by atoms with Crippen LogP contribution < -0.4 is 10.6 Å². The van der Waals surface area contributed by atoms with Gasteiger partial charge in [0.15, 0.2) is 0 Å². The SMILES string of the molecule is Cc1cc(F)ccc1CCNC(=O)C(=O)NCC#N. The number of nitrogens with one attached hydrogen (secondary N) is 2. The fourth-order valence-corrected chi connectivity index (χ4v) is 1.53. The second kappa shape index (κ2) is 7.11. The molecule has 2 amide bonds. The molecular formula is C13H14FN3O2. The molecule has 0 aliphatic carbocycles. The van der Waals surface area contributed by atoms with E-state index >= 15 is 0 Å². The summed E-state index contributed by atoms with van der Waals surface area (Å²) in [7, 11) is 0. The van der Waals surface area contributed by atoms with Crippen LogP contribution >= 0.6 is 0 Å². The third-order valence-electron chi connectivity index (χ3n) is 2.52. The van der Waals surface area contributed by atoms with Crippen LogP contribution in [0.4, 0.5) is 4.39 Å². The first-order valence-electron chi connectivity index (χ1n) is 5.72. The number of aryl methyl sites for hydroxylation is 1. The number of benzene rings is 1. The fraction of sp³-hybridized carbons (Fsp3) is 0.308. The highest BCUT2D eigenvalue weighted by atomic mass is 19.1. The predicted octanol–water partition coefficient (Wildman–Crippen LogP) is 0.433. The van der Waals surface area contributed by atoms with Crippen molar-refractivity contribution in [2.24, 2.45) is 0 Å². The van der Waals surface area contributed by atoms with Crippen molar-refractivity contribution in [2.45, 2.75) is 13.3 Å². The molecular weight excluding hydrogens is 249 g/mol. The van der Waals surface area contributed by atoms with Gasteiger partial charge in [-0.1, -0.05) is 6.07 Å². The van der Waals surface area contributed by atoms with E-state index in [0.29, 0.717) is 6.42 Å². The van der Waals surface area contributed by atoms with Gasteiger partial charge in [-0.25, -0.2) is 4.39 Å². The molecule has 100 valence electrons. The average Bonchev–Trinajstić information content (AvgIpc) is 2.38. The van der Waals surface area contributed by atoms with Crippen molar-refractivity contribution in [3.05, 3.63) is 35.1 Å². The average molecular weight is 263 g/mol. The molecule has 0 aliphatic rings. The maximum absolute atomic E-state index is 12.9. The molecule has 0 saturated carbocycles. The molecule has 0 saturated heterocycles. The van der Waals surface area contributed by atoms with E-state index in [1.807, 2.05) is 0 Å². The van der Waals surface area contributed by atoms with Gasteiger partial charge in [0.25, 0.3) is 0 Å². The van der Waals surface area contributed by atoms with Gasteiger partial charge in [0.1, 0.15) is 12.4 Å².